The molecule has 0 saturated heterocycles. The van der Waals surface area contributed by atoms with E-state index in [2.05, 4.69) is 36.3 Å². The molecule has 336 valence electrons. The largest absolute Gasteiger partial charge is 0.458 e. The van der Waals surface area contributed by atoms with Crippen LogP contribution < -0.4 is 10.4 Å². The zero-order valence-corrected chi connectivity index (χ0v) is 40.7. The monoisotopic (exact) mass is 1100 g/mol. The molecule has 0 unspecified atom stereocenters. The van der Waals surface area contributed by atoms with E-state index in [4.69, 9.17) is 74.3 Å². The van der Waals surface area contributed by atoms with Crippen molar-refractivity contribution in [3.8, 4) is 17.4 Å². The summed E-state index contributed by atoms with van der Waals surface area (Å²) in [6, 6.07) is 32.8. The molecule has 0 fully saturated rings. The van der Waals surface area contributed by atoms with E-state index in [1.165, 1.54) is 52.4 Å². The summed E-state index contributed by atoms with van der Waals surface area (Å²) in [6.07, 6.45) is 0. The van der Waals surface area contributed by atoms with Gasteiger partial charge >= 0.3 is 11.7 Å². The second kappa shape index (κ2) is 24.0. The van der Waals surface area contributed by atoms with Gasteiger partial charge in [0.2, 0.25) is 0 Å². The summed E-state index contributed by atoms with van der Waals surface area (Å²) < 4.78 is 61.3. The molecule has 0 bridgehead atoms. The third kappa shape index (κ3) is 13.7. The highest BCUT2D eigenvalue weighted by molar-refractivity contribution is 9.08. The Balaban J connectivity index is 0.000000184. The molecule has 0 atom stereocenters. The summed E-state index contributed by atoms with van der Waals surface area (Å²) >= 11 is 42.3. The van der Waals surface area contributed by atoms with Gasteiger partial charge in [-0.1, -0.05) is 163 Å². The van der Waals surface area contributed by atoms with Gasteiger partial charge in [-0.15, -0.1) is 10.2 Å². The highest BCUT2D eigenvalue weighted by atomic mass is 79.9. The molecule has 21 heteroatoms. The quantitative estimate of drug-likeness (QED) is 0.0740. The van der Waals surface area contributed by atoms with Crippen LogP contribution in [-0.2, 0) is 23.4 Å². The van der Waals surface area contributed by atoms with Gasteiger partial charge in [0.15, 0.2) is 33.6 Å². The van der Waals surface area contributed by atoms with Gasteiger partial charge in [-0.25, -0.2) is 36.6 Å². The maximum atomic E-state index is 14.0. The van der Waals surface area contributed by atoms with Crippen molar-refractivity contribution in [1.29, 1.82) is 0 Å². The first kappa shape index (κ1) is 50.3. The second-order valence-corrected chi connectivity index (χ2v) is 18.1. The van der Waals surface area contributed by atoms with Crippen LogP contribution in [0, 0.1) is 23.3 Å². The Hall–Kier alpha value is -4.16. The minimum atomic E-state index is -0.965. The number of nitrogens with zero attached hydrogens (tertiary/aromatic N) is 5. The van der Waals surface area contributed by atoms with E-state index in [0.29, 0.717) is 74.2 Å². The standard InChI is InChI=1S/C22H14Cl3F2N3OS.C15H10Cl3N3OS.C7H5BrF2/c23-15-4-2-5-17(9-15)30-21(31-11-13-3-1-6-19(26)20(13)27)28-29-22(30)32-12-14-7-8-16(24)10-18(14)25;16-10-2-1-3-12(6-10)21-14(22)19-20-15(21)23-8-9-4-5-11(17)7-13(9)18;8-4-5-2-1-3-6(9)7(5)10/h1-10H,11-12H2;1-7H,8H2,(H,19,22);1-3H,4H2. The molecular weight excluding hydrogens is 1080 g/mol. The van der Waals surface area contributed by atoms with Gasteiger partial charge in [-0.2, -0.15) is 0 Å². The predicted octanol–water partition coefficient (Wildman–Crippen LogP) is 15.0. The molecule has 8 nitrogen and oxygen atoms in total. The molecule has 0 amide bonds. The van der Waals surface area contributed by atoms with E-state index in [1.807, 2.05) is 18.2 Å². The lowest BCUT2D eigenvalue weighted by Gasteiger charge is -2.12. The van der Waals surface area contributed by atoms with Crippen molar-refractivity contribution < 1.29 is 22.3 Å². The van der Waals surface area contributed by atoms with Gasteiger partial charge in [0.1, 0.15) is 6.61 Å². The van der Waals surface area contributed by atoms with Gasteiger partial charge in [-0.3, -0.25) is 0 Å². The minimum Gasteiger partial charge on any atom is -0.458 e. The average molecular weight is 1110 g/mol. The van der Waals surface area contributed by atoms with Crippen LogP contribution >= 0.6 is 109 Å². The molecular formula is C44H29BrCl6F4N6O2S2. The molecule has 8 rings (SSSR count). The highest BCUT2D eigenvalue weighted by Gasteiger charge is 2.19. The number of H-pyrrole nitrogens is 1. The van der Waals surface area contributed by atoms with Crippen LogP contribution in [0.2, 0.25) is 30.1 Å². The fourth-order valence-electron chi connectivity index (χ4n) is 5.52. The van der Waals surface area contributed by atoms with Crippen molar-refractivity contribution in [3.63, 3.8) is 0 Å². The van der Waals surface area contributed by atoms with Crippen LogP contribution in [0.1, 0.15) is 22.3 Å². The van der Waals surface area contributed by atoms with E-state index in [0.717, 1.165) is 23.3 Å². The van der Waals surface area contributed by atoms with Crippen molar-refractivity contribution in [2.45, 2.75) is 33.8 Å². The lowest BCUT2D eigenvalue weighted by Crippen LogP contribution is -2.15. The first-order valence-corrected chi connectivity index (χ1v) is 23.9. The third-order valence-electron chi connectivity index (χ3n) is 8.69. The van der Waals surface area contributed by atoms with Crippen LogP contribution in [0.3, 0.4) is 0 Å². The number of benzene rings is 6. The minimum absolute atomic E-state index is 0.0628. The van der Waals surface area contributed by atoms with Gasteiger partial charge in [0, 0.05) is 58.1 Å². The molecule has 0 aliphatic carbocycles. The molecule has 6 aromatic carbocycles. The van der Waals surface area contributed by atoms with Crippen molar-refractivity contribution in [2.24, 2.45) is 0 Å². The number of nitrogens with one attached hydrogen (secondary N) is 1. The van der Waals surface area contributed by atoms with E-state index in [9.17, 15) is 22.4 Å². The summed E-state index contributed by atoms with van der Waals surface area (Å²) in [5.41, 5.74) is 3.17. The summed E-state index contributed by atoms with van der Waals surface area (Å²) in [4.78, 5) is 12.0. The molecule has 0 spiro atoms. The van der Waals surface area contributed by atoms with Crippen LogP contribution in [-0.4, -0.2) is 29.5 Å². The van der Waals surface area contributed by atoms with Gasteiger partial charge in [0.05, 0.1) is 11.4 Å². The van der Waals surface area contributed by atoms with Gasteiger partial charge < -0.3 is 4.74 Å². The molecule has 65 heavy (non-hydrogen) atoms. The highest BCUT2D eigenvalue weighted by Crippen LogP contribution is 2.33. The van der Waals surface area contributed by atoms with Crippen molar-refractivity contribution >= 4 is 109 Å². The number of alkyl halides is 1. The van der Waals surface area contributed by atoms with E-state index >= 15 is 0 Å². The topological polar surface area (TPSA) is 90.6 Å². The molecule has 1 N–H and O–H groups in total. The molecule has 8 aromatic rings. The van der Waals surface area contributed by atoms with E-state index in [-0.39, 0.29) is 23.9 Å². The van der Waals surface area contributed by atoms with Crippen LogP contribution in [0.5, 0.6) is 6.01 Å². The van der Waals surface area contributed by atoms with Crippen LogP contribution in [0.4, 0.5) is 17.6 Å². The van der Waals surface area contributed by atoms with Crippen molar-refractivity contribution in [1.82, 2.24) is 29.5 Å². The zero-order chi connectivity index (χ0) is 46.6. The third-order valence-corrected chi connectivity index (χ3v) is 12.9. The lowest BCUT2D eigenvalue weighted by atomic mass is 10.2. The van der Waals surface area contributed by atoms with Gasteiger partial charge in [0.25, 0.3) is 0 Å². The lowest BCUT2D eigenvalue weighted by molar-refractivity contribution is 0.267. The fraction of sp³-hybridized carbons (Fsp3) is 0.0909. The second-order valence-electron chi connectivity index (χ2n) is 13.1. The first-order chi connectivity index (χ1) is 31.2. The number of halogens is 11. The molecule has 0 radical (unpaired) electrons. The van der Waals surface area contributed by atoms with Crippen molar-refractivity contribution in [3.05, 3.63) is 207 Å². The Morgan fingerprint density at radius 3 is 1.58 bits per heavy atom. The number of ether oxygens (including phenoxy) is 1. The number of thioether (sulfide) groups is 2. The van der Waals surface area contributed by atoms with E-state index < -0.39 is 23.3 Å². The smallest absolute Gasteiger partial charge is 0.348 e. The number of hydrogen-bond acceptors (Lipinski definition) is 7. The predicted molar refractivity (Wildman–Crippen MR) is 257 cm³/mol. The normalized spacial score (nSPS) is 10.8. The van der Waals surface area contributed by atoms with Crippen LogP contribution in [0.15, 0.2) is 136 Å². The molecule has 0 aliphatic rings. The Morgan fingerprint density at radius 1 is 0.569 bits per heavy atom. The van der Waals surface area contributed by atoms with Crippen LogP contribution in [0.25, 0.3) is 11.4 Å². The molecule has 0 aliphatic heterocycles. The summed E-state index contributed by atoms with van der Waals surface area (Å²) in [7, 11) is 0. The Labute approximate surface area is 416 Å². The molecule has 2 aromatic heterocycles. The Morgan fingerprint density at radius 2 is 1.06 bits per heavy atom. The number of hydrogen-bond donors (Lipinski definition) is 1. The van der Waals surface area contributed by atoms with E-state index in [1.54, 1.807) is 71.3 Å². The summed E-state index contributed by atoms with van der Waals surface area (Å²) in [6.45, 7) is -0.226. The first-order valence-electron chi connectivity index (χ1n) is 18.5. The maximum Gasteiger partial charge on any atom is 0.348 e. The Bertz CT molecular complexity index is 2980. The maximum absolute atomic E-state index is 14.0. The molecule has 0 saturated carbocycles. The number of aromatic nitrogens is 6. The van der Waals surface area contributed by atoms with Gasteiger partial charge in [-0.05, 0) is 83.9 Å². The average Bonchev–Trinajstić information content (AvgIpc) is 3.87. The fourth-order valence-corrected chi connectivity index (χ4v) is 9.34. The number of aromatic amines is 1. The zero-order valence-electron chi connectivity index (χ0n) is 32.9. The SMILES string of the molecule is Fc1cccc(CBr)c1F.Fc1cccc(COc2nnc(SCc3ccc(Cl)cc3Cl)n2-c2cccc(Cl)c2)c1F.O=c1[nH]nc(SCc2ccc(Cl)cc2Cl)n1-c1cccc(Cl)c1. The number of rotatable bonds is 12. The van der Waals surface area contributed by atoms with Crippen molar-refractivity contribution in [2.75, 3.05) is 0 Å². The summed E-state index contributed by atoms with van der Waals surface area (Å²) in [5.74, 6) is -2.42. The summed E-state index contributed by atoms with van der Waals surface area (Å²) in [5, 5.41) is 19.5. The Kier molecular flexibility index (Phi) is 18.6. The molecule has 2 heterocycles.